The molecular formula is C20H15F2N7. The first-order valence-corrected chi connectivity index (χ1v) is 8.69. The number of hydrogen-bond donors (Lipinski definition) is 2. The number of nitrogens with one attached hydrogen (secondary N) is 1. The number of rotatable bonds is 4. The summed E-state index contributed by atoms with van der Waals surface area (Å²) in [7, 11) is 0. The first-order valence-electron chi connectivity index (χ1n) is 8.69. The van der Waals surface area contributed by atoms with Crippen LogP contribution in [0.5, 0.6) is 0 Å². The molecule has 1 unspecified atom stereocenters. The molecule has 0 aliphatic heterocycles. The van der Waals surface area contributed by atoms with Crippen LogP contribution in [0.2, 0.25) is 0 Å². The van der Waals surface area contributed by atoms with E-state index in [2.05, 4.69) is 20.3 Å². The van der Waals surface area contributed by atoms with Gasteiger partial charge in [-0.3, -0.25) is 4.57 Å². The molecule has 0 aliphatic rings. The number of fused-ring (bicyclic) bond motifs is 1. The third-order valence-electron chi connectivity index (χ3n) is 4.46. The normalized spacial score (nSPS) is 11.9. The fourth-order valence-electron chi connectivity index (χ4n) is 3.11. The minimum Gasteiger partial charge on any atom is -0.382 e. The van der Waals surface area contributed by atoms with E-state index in [4.69, 9.17) is 5.73 Å². The summed E-state index contributed by atoms with van der Waals surface area (Å²) in [6.07, 6.45) is 1.25. The van der Waals surface area contributed by atoms with Crippen LogP contribution in [-0.4, -0.2) is 19.5 Å². The molecule has 4 aromatic rings. The maximum Gasteiger partial charge on any atom is 0.150 e. The predicted molar refractivity (Wildman–Crippen MR) is 104 cm³/mol. The molecule has 7 nitrogen and oxygen atoms in total. The molecule has 2 aromatic heterocycles. The highest BCUT2D eigenvalue weighted by Crippen LogP contribution is 2.29. The second-order valence-electron chi connectivity index (χ2n) is 6.38. The zero-order valence-electron chi connectivity index (χ0n) is 15.3. The van der Waals surface area contributed by atoms with Crippen molar-refractivity contribution < 1.29 is 8.78 Å². The monoisotopic (exact) mass is 391 g/mol. The van der Waals surface area contributed by atoms with Gasteiger partial charge in [0.05, 0.1) is 17.1 Å². The molecule has 0 saturated carbocycles. The summed E-state index contributed by atoms with van der Waals surface area (Å²) in [6.45, 7) is 1.82. The zero-order chi connectivity index (χ0) is 20.5. The Labute approximate surface area is 164 Å². The lowest BCUT2D eigenvalue weighted by atomic mass is 10.2. The van der Waals surface area contributed by atoms with E-state index in [0.29, 0.717) is 22.5 Å². The average molecular weight is 391 g/mol. The van der Waals surface area contributed by atoms with Gasteiger partial charge in [0.15, 0.2) is 0 Å². The number of aromatic nitrogens is 4. The van der Waals surface area contributed by atoms with Gasteiger partial charge in [0.2, 0.25) is 0 Å². The Balaban J connectivity index is 1.85. The van der Waals surface area contributed by atoms with Gasteiger partial charge in [-0.2, -0.15) is 5.26 Å². The van der Waals surface area contributed by atoms with Gasteiger partial charge in [-0.1, -0.05) is 0 Å². The highest BCUT2D eigenvalue weighted by molar-refractivity contribution is 5.78. The van der Waals surface area contributed by atoms with Crippen molar-refractivity contribution in [2.75, 3.05) is 11.1 Å². The van der Waals surface area contributed by atoms with Crippen LogP contribution in [0.1, 0.15) is 24.4 Å². The first-order chi connectivity index (χ1) is 14.0. The average Bonchev–Trinajstić information content (AvgIpc) is 3.07. The summed E-state index contributed by atoms with van der Waals surface area (Å²) >= 11 is 0. The Kier molecular flexibility index (Phi) is 4.52. The Morgan fingerprint density at radius 3 is 2.55 bits per heavy atom. The molecule has 0 saturated heterocycles. The molecule has 4 rings (SSSR count). The van der Waals surface area contributed by atoms with Gasteiger partial charge in [-0.15, -0.1) is 0 Å². The maximum atomic E-state index is 13.9. The lowest BCUT2D eigenvalue weighted by Crippen LogP contribution is -2.15. The van der Waals surface area contributed by atoms with Crippen molar-refractivity contribution in [3.05, 3.63) is 71.8 Å². The van der Waals surface area contributed by atoms with Gasteiger partial charge in [0.25, 0.3) is 0 Å². The van der Waals surface area contributed by atoms with Gasteiger partial charge in [0, 0.05) is 11.8 Å². The van der Waals surface area contributed by atoms with Crippen molar-refractivity contribution in [1.82, 2.24) is 19.5 Å². The molecular weight excluding hydrogens is 376 g/mol. The number of hydrogen-bond acceptors (Lipinski definition) is 6. The summed E-state index contributed by atoms with van der Waals surface area (Å²) < 4.78 is 29.1. The molecule has 144 valence electrons. The summed E-state index contributed by atoms with van der Waals surface area (Å²) in [5.74, 6) is 0.0523. The molecule has 2 aromatic carbocycles. The Morgan fingerprint density at radius 2 is 1.83 bits per heavy atom. The number of halogens is 2. The summed E-state index contributed by atoms with van der Waals surface area (Å²) in [6, 6.07) is 11.6. The minimum atomic E-state index is -0.447. The summed E-state index contributed by atoms with van der Waals surface area (Å²) in [4.78, 5) is 12.5. The second kappa shape index (κ2) is 7.16. The largest absolute Gasteiger partial charge is 0.382 e. The van der Waals surface area contributed by atoms with Crippen molar-refractivity contribution in [3.8, 4) is 11.8 Å². The van der Waals surface area contributed by atoms with E-state index in [1.54, 1.807) is 22.8 Å². The van der Waals surface area contributed by atoms with Crippen LogP contribution in [-0.2, 0) is 0 Å². The summed E-state index contributed by atoms with van der Waals surface area (Å²) in [5.41, 5.74) is 7.59. The van der Waals surface area contributed by atoms with Crippen LogP contribution in [0.3, 0.4) is 0 Å². The van der Waals surface area contributed by atoms with Gasteiger partial charge in [-0.05, 0) is 43.3 Å². The molecule has 9 heteroatoms. The molecule has 3 N–H and O–H groups in total. The molecule has 0 amide bonds. The predicted octanol–water partition coefficient (Wildman–Crippen LogP) is 3.72. The number of nitrogens with two attached hydrogens (primary N) is 1. The maximum absolute atomic E-state index is 13.9. The van der Waals surface area contributed by atoms with E-state index >= 15 is 0 Å². The number of anilines is 2. The fraction of sp³-hybridized carbons (Fsp3) is 0.100. The second-order valence-corrected chi connectivity index (χ2v) is 6.38. The molecule has 0 radical (unpaired) electrons. The molecule has 0 bridgehead atoms. The van der Waals surface area contributed by atoms with Crippen molar-refractivity contribution in [2.45, 2.75) is 13.0 Å². The van der Waals surface area contributed by atoms with E-state index in [0.717, 1.165) is 0 Å². The van der Waals surface area contributed by atoms with Crippen molar-refractivity contribution in [1.29, 1.82) is 5.26 Å². The van der Waals surface area contributed by atoms with Crippen LogP contribution in [0.25, 0.3) is 16.7 Å². The zero-order valence-corrected chi connectivity index (χ0v) is 15.3. The number of nitriles is 1. The van der Waals surface area contributed by atoms with Crippen LogP contribution in [0.4, 0.5) is 20.4 Å². The molecule has 0 fully saturated rings. The lowest BCUT2D eigenvalue weighted by Gasteiger charge is -2.17. The van der Waals surface area contributed by atoms with Crippen LogP contribution in [0, 0.1) is 23.0 Å². The number of nitrogen functional groups attached to an aromatic ring is 1. The number of nitrogens with zero attached hydrogens (tertiary/aromatic N) is 5. The highest BCUT2D eigenvalue weighted by atomic mass is 19.1. The summed E-state index contributed by atoms with van der Waals surface area (Å²) in [5, 5.41) is 12.4. The Morgan fingerprint density at radius 1 is 1.10 bits per heavy atom. The van der Waals surface area contributed by atoms with E-state index in [-0.39, 0.29) is 23.0 Å². The van der Waals surface area contributed by atoms with E-state index in [1.165, 1.54) is 30.6 Å². The third-order valence-corrected chi connectivity index (χ3v) is 4.46. The molecule has 0 spiro atoms. The number of benzene rings is 2. The van der Waals surface area contributed by atoms with Crippen molar-refractivity contribution in [3.63, 3.8) is 0 Å². The van der Waals surface area contributed by atoms with Gasteiger partial charge in [-0.25, -0.2) is 23.7 Å². The van der Waals surface area contributed by atoms with Crippen LogP contribution in [0.15, 0.2) is 48.8 Å². The van der Waals surface area contributed by atoms with Crippen LogP contribution < -0.4 is 11.1 Å². The van der Waals surface area contributed by atoms with E-state index in [1.807, 2.05) is 13.0 Å². The van der Waals surface area contributed by atoms with E-state index < -0.39 is 11.9 Å². The highest BCUT2D eigenvalue weighted by Gasteiger charge is 2.20. The minimum absolute atomic E-state index is 0.0614. The first kappa shape index (κ1) is 18.3. The van der Waals surface area contributed by atoms with Gasteiger partial charge >= 0.3 is 0 Å². The van der Waals surface area contributed by atoms with Crippen molar-refractivity contribution in [2.24, 2.45) is 0 Å². The number of imidazole rings is 1. The van der Waals surface area contributed by atoms with E-state index in [9.17, 15) is 14.0 Å². The Hall–Kier alpha value is -4.06. The Bertz CT molecular complexity index is 1240. The fourth-order valence-corrected chi connectivity index (χ4v) is 3.11. The molecule has 0 aliphatic carbocycles. The van der Waals surface area contributed by atoms with Crippen molar-refractivity contribution >= 4 is 22.7 Å². The molecule has 29 heavy (non-hydrogen) atoms. The topological polar surface area (TPSA) is 105 Å². The molecule has 1 atom stereocenters. The SMILES string of the molecule is CC(Nc1ncnc(N)c1C#N)c1nc2ccc(F)cc2n1-c1ccc(F)cc1. The van der Waals surface area contributed by atoms with Gasteiger partial charge < -0.3 is 11.1 Å². The van der Waals surface area contributed by atoms with Crippen LogP contribution >= 0.6 is 0 Å². The molecule has 2 heterocycles. The standard InChI is InChI=1S/C20H15F2N7/c1-11(27-19-15(9-23)18(24)25-10-26-19)20-28-16-7-4-13(22)8-17(16)29(20)14-5-2-12(21)3-6-14/h2-8,10-11H,1H3,(H3,24,25,26,27). The quantitative estimate of drug-likeness (QED) is 0.549. The smallest absolute Gasteiger partial charge is 0.150 e. The van der Waals surface area contributed by atoms with Gasteiger partial charge in [0.1, 0.15) is 47.1 Å². The third kappa shape index (κ3) is 3.32. The lowest BCUT2D eigenvalue weighted by molar-refractivity contribution is 0.626.